The van der Waals surface area contributed by atoms with Crippen LogP contribution in [-0.2, 0) is 0 Å². The van der Waals surface area contributed by atoms with Crippen LogP contribution >= 0.6 is 0 Å². The molecule has 1 saturated heterocycles. The highest BCUT2D eigenvalue weighted by Crippen LogP contribution is 2.33. The van der Waals surface area contributed by atoms with Gasteiger partial charge >= 0.3 is 0 Å². The van der Waals surface area contributed by atoms with E-state index in [0.29, 0.717) is 17.5 Å². The third kappa shape index (κ3) is 3.90. The molecule has 3 aromatic carbocycles. The van der Waals surface area contributed by atoms with Crippen LogP contribution in [0, 0.1) is 6.92 Å². The maximum Gasteiger partial charge on any atom is 0.198 e. The molecule has 29 heavy (non-hydrogen) atoms. The standard InChI is InChI=1S/C26H23NO2/c1-19-14-16-22(17-15-19)27-18-8-13-23(27)24(25(28)20-9-4-2-5-10-20)26(29)21-11-6-3-7-12-21/h2-7,9-12,14-17H,8,13,18H2,1H3. The molecule has 3 nitrogen and oxygen atoms in total. The molecule has 0 radical (unpaired) electrons. The molecule has 0 amide bonds. The zero-order valence-corrected chi connectivity index (χ0v) is 16.5. The molecule has 0 saturated carbocycles. The molecule has 3 heteroatoms. The van der Waals surface area contributed by atoms with Crippen molar-refractivity contribution in [2.75, 3.05) is 11.4 Å². The number of rotatable bonds is 5. The number of hydrogen-bond donors (Lipinski definition) is 0. The van der Waals surface area contributed by atoms with Gasteiger partial charge in [-0.25, -0.2) is 0 Å². The van der Waals surface area contributed by atoms with Gasteiger partial charge in [0, 0.05) is 29.1 Å². The van der Waals surface area contributed by atoms with Crippen LogP contribution in [0.25, 0.3) is 0 Å². The van der Waals surface area contributed by atoms with Crippen LogP contribution in [0.5, 0.6) is 0 Å². The number of anilines is 1. The van der Waals surface area contributed by atoms with Crippen molar-refractivity contribution >= 4 is 17.3 Å². The predicted molar refractivity (Wildman–Crippen MR) is 116 cm³/mol. The van der Waals surface area contributed by atoms with Crippen LogP contribution < -0.4 is 4.90 Å². The number of carbonyl (C=O) groups is 2. The minimum Gasteiger partial charge on any atom is -0.344 e. The summed E-state index contributed by atoms with van der Waals surface area (Å²) >= 11 is 0. The van der Waals surface area contributed by atoms with E-state index in [4.69, 9.17) is 0 Å². The first-order valence-electron chi connectivity index (χ1n) is 9.92. The van der Waals surface area contributed by atoms with Crippen LogP contribution in [0.3, 0.4) is 0 Å². The van der Waals surface area contributed by atoms with Gasteiger partial charge in [-0.1, -0.05) is 78.4 Å². The van der Waals surface area contributed by atoms with Gasteiger partial charge in [-0.05, 0) is 31.9 Å². The summed E-state index contributed by atoms with van der Waals surface area (Å²) < 4.78 is 0. The van der Waals surface area contributed by atoms with E-state index in [9.17, 15) is 9.59 Å². The minimum absolute atomic E-state index is 0.214. The van der Waals surface area contributed by atoms with Crippen LogP contribution in [-0.4, -0.2) is 18.1 Å². The number of aryl methyl sites for hydroxylation is 1. The number of benzene rings is 3. The van der Waals surface area contributed by atoms with Crippen molar-refractivity contribution in [2.24, 2.45) is 0 Å². The largest absolute Gasteiger partial charge is 0.344 e. The van der Waals surface area contributed by atoms with Gasteiger partial charge in [0.25, 0.3) is 0 Å². The Morgan fingerprint density at radius 2 is 1.24 bits per heavy atom. The van der Waals surface area contributed by atoms with Gasteiger partial charge in [0.05, 0.1) is 5.57 Å². The van der Waals surface area contributed by atoms with E-state index in [1.165, 1.54) is 5.56 Å². The first-order valence-corrected chi connectivity index (χ1v) is 9.92. The summed E-state index contributed by atoms with van der Waals surface area (Å²) in [7, 11) is 0. The fourth-order valence-electron chi connectivity index (χ4n) is 3.78. The highest BCUT2D eigenvalue weighted by molar-refractivity contribution is 6.31. The molecular weight excluding hydrogens is 358 g/mol. The van der Waals surface area contributed by atoms with E-state index in [1.807, 2.05) is 43.3 Å². The lowest BCUT2D eigenvalue weighted by molar-refractivity contribution is 0.0960. The maximum absolute atomic E-state index is 13.5. The molecule has 3 aromatic rings. The minimum atomic E-state index is -0.214. The second kappa shape index (κ2) is 8.27. The molecule has 0 spiro atoms. The molecule has 4 rings (SSSR count). The van der Waals surface area contributed by atoms with Crippen molar-refractivity contribution in [1.82, 2.24) is 0 Å². The van der Waals surface area contributed by atoms with Gasteiger partial charge < -0.3 is 4.90 Å². The number of Topliss-reactive ketones (excluding diaryl/α,β-unsaturated/α-hetero) is 2. The zero-order valence-electron chi connectivity index (χ0n) is 16.5. The van der Waals surface area contributed by atoms with Crippen molar-refractivity contribution in [3.05, 3.63) is 113 Å². The van der Waals surface area contributed by atoms with Gasteiger partial charge in [0.15, 0.2) is 11.6 Å². The fraction of sp³-hybridized carbons (Fsp3) is 0.154. The van der Waals surface area contributed by atoms with Crippen molar-refractivity contribution in [2.45, 2.75) is 19.8 Å². The van der Waals surface area contributed by atoms with Crippen LogP contribution in [0.1, 0.15) is 39.1 Å². The fourth-order valence-corrected chi connectivity index (χ4v) is 3.78. The molecule has 0 atom stereocenters. The van der Waals surface area contributed by atoms with E-state index < -0.39 is 0 Å². The first-order chi connectivity index (χ1) is 14.1. The summed E-state index contributed by atoms with van der Waals surface area (Å²) in [6.45, 7) is 2.85. The maximum atomic E-state index is 13.5. The van der Waals surface area contributed by atoms with Crippen molar-refractivity contribution in [1.29, 1.82) is 0 Å². The van der Waals surface area contributed by atoms with Gasteiger partial charge in [0.1, 0.15) is 0 Å². The summed E-state index contributed by atoms with van der Waals surface area (Å²) in [6, 6.07) is 26.4. The van der Waals surface area contributed by atoms with E-state index in [2.05, 4.69) is 29.2 Å². The zero-order chi connectivity index (χ0) is 20.2. The van der Waals surface area contributed by atoms with Crippen LogP contribution in [0.2, 0.25) is 0 Å². The Labute approximate surface area is 171 Å². The third-order valence-electron chi connectivity index (χ3n) is 5.28. The lowest BCUT2D eigenvalue weighted by Gasteiger charge is -2.23. The van der Waals surface area contributed by atoms with Crippen molar-refractivity contribution < 1.29 is 9.59 Å². The molecule has 1 aliphatic rings. The molecule has 1 aliphatic heterocycles. The van der Waals surface area contributed by atoms with Crippen molar-refractivity contribution in [3.8, 4) is 0 Å². The van der Waals surface area contributed by atoms with Crippen LogP contribution in [0.4, 0.5) is 5.69 Å². The smallest absolute Gasteiger partial charge is 0.198 e. The number of allylic oxidation sites excluding steroid dienone is 2. The average Bonchev–Trinajstić information content (AvgIpc) is 3.25. The Hall–Kier alpha value is -3.46. The Morgan fingerprint density at radius 3 is 1.76 bits per heavy atom. The molecule has 0 bridgehead atoms. The second-order valence-corrected chi connectivity index (χ2v) is 7.30. The molecule has 0 unspecified atom stereocenters. The summed E-state index contributed by atoms with van der Waals surface area (Å²) in [5.41, 5.74) is 4.36. The van der Waals surface area contributed by atoms with Gasteiger partial charge in [-0.3, -0.25) is 9.59 Å². The number of nitrogens with zero attached hydrogens (tertiary/aromatic N) is 1. The van der Waals surface area contributed by atoms with E-state index in [1.54, 1.807) is 24.3 Å². The SMILES string of the molecule is Cc1ccc(N2CCCC2=C(C(=O)c2ccccc2)C(=O)c2ccccc2)cc1. The number of ketones is 2. The molecule has 0 aromatic heterocycles. The molecule has 1 fully saturated rings. The second-order valence-electron chi connectivity index (χ2n) is 7.30. The lowest BCUT2D eigenvalue weighted by atomic mass is 9.93. The molecular formula is C26H23NO2. The molecule has 0 N–H and O–H groups in total. The van der Waals surface area contributed by atoms with Gasteiger partial charge in [0.2, 0.25) is 0 Å². The Balaban J connectivity index is 1.85. The predicted octanol–water partition coefficient (Wildman–Crippen LogP) is 5.62. The monoisotopic (exact) mass is 381 g/mol. The highest BCUT2D eigenvalue weighted by atomic mass is 16.1. The van der Waals surface area contributed by atoms with Gasteiger partial charge in [-0.2, -0.15) is 0 Å². The topological polar surface area (TPSA) is 37.4 Å². The van der Waals surface area contributed by atoms with E-state index >= 15 is 0 Å². The Bertz CT molecular complexity index is 997. The summed E-state index contributed by atoms with van der Waals surface area (Å²) in [5, 5.41) is 0. The lowest BCUT2D eigenvalue weighted by Crippen LogP contribution is -2.24. The number of hydrogen-bond acceptors (Lipinski definition) is 3. The number of carbonyl (C=O) groups excluding carboxylic acids is 2. The molecule has 0 aliphatic carbocycles. The first kappa shape index (κ1) is 18.9. The molecule has 144 valence electrons. The van der Waals surface area contributed by atoms with E-state index in [-0.39, 0.29) is 17.1 Å². The molecule has 1 heterocycles. The Morgan fingerprint density at radius 1 is 0.724 bits per heavy atom. The van der Waals surface area contributed by atoms with Gasteiger partial charge in [-0.15, -0.1) is 0 Å². The van der Waals surface area contributed by atoms with E-state index in [0.717, 1.165) is 24.4 Å². The Kier molecular flexibility index (Phi) is 5.39. The normalized spacial score (nSPS) is 13.4. The third-order valence-corrected chi connectivity index (χ3v) is 5.28. The van der Waals surface area contributed by atoms with Crippen LogP contribution in [0.15, 0.2) is 96.2 Å². The average molecular weight is 381 g/mol. The highest BCUT2D eigenvalue weighted by Gasteiger charge is 2.31. The summed E-state index contributed by atoms with van der Waals surface area (Å²) in [5.74, 6) is -0.429. The van der Waals surface area contributed by atoms with Crippen molar-refractivity contribution in [3.63, 3.8) is 0 Å². The summed E-state index contributed by atoms with van der Waals surface area (Å²) in [4.78, 5) is 29.1. The summed E-state index contributed by atoms with van der Waals surface area (Å²) in [6.07, 6.45) is 1.62. The quantitative estimate of drug-likeness (QED) is 0.249.